The molecule has 1 N–H and O–H groups in total. The topological polar surface area (TPSA) is 42.7 Å². The minimum atomic E-state index is -4.62. The van der Waals surface area contributed by atoms with Gasteiger partial charge in [-0.25, -0.2) is 9.97 Å². The number of piperidine rings is 1. The normalized spacial score (nSPS) is 17.5. The summed E-state index contributed by atoms with van der Waals surface area (Å²) >= 11 is 0. The fraction of sp³-hybridized carbons (Fsp3) is 0.538. The molecule has 0 unspecified atom stereocenters. The van der Waals surface area contributed by atoms with Crippen LogP contribution in [0.2, 0.25) is 0 Å². The smallest absolute Gasteiger partial charge is 0.331 e. The van der Waals surface area contributed by atoms with Gasteiger partial charge in [-0.2, -0.15) is 17.6 Å². The van der Waals surface area contributed by atoms with Gasteiger partial charge in [0.1, 0.15) is 12.0 Å². The second-order valence-electron chi connectivity index (χ2n) is 5.25. The molecular formula is C13H14F4N4. The van der Waals surface area contributed by atoms with Crippen LogP contribution in [0.3, 0.4) is 0 Å². The maximum Gasteiger partial charge on any atom is 0.418 e. The van der Waals surface area contributed by atoms with Crippen molar-refractivity contribution < 1.29 is 17.6 Å². The Morgan fingerprint density at radius 3 is 2.62 bits per heavy atom. The van der Waals surface area contributed by atoms with Crippen molar-refractivity contribution in [3.8, 4) is 0 Å². The third kappa shape index (κ3) is 2.72. The largest absolute Gasteiger partial charge is 0.418 e. The van der Waals surface area contributed by atoms with E-state index in [1.807, 2.05) is 0 Å². The number of halogens is 4. The van der Waals surface area contributed by atoms with E-state index in [4.69, 9.17) is 0 Å². The molecule has 0 radical (unpaired) electrons. The van der Waals surface area contributed by atoms with E-state index in [-0.39, 0.29) is 11.6 Å². The van der Waals surface area contributed by atoms with Crippen molar-refractivity contribution in [1.29, 1.82) is 0 Å². The number of alkyl halides is 3. The first-order valence-electron chi connectivity index (χ1n) is 6.74. The van der Waals surface area contributed by atoms with Crippen molar-refractivity contribution >= 4 is 11.0 Å². The van der Waals surface area contributed by atoms with Crippen molar-refractivity contribution in [2.75, 3.05) is 13.1 Å². The fourth-order valence-electron chi connectivity index (χ4n) is 2.78. The fourth-order valence-corrected chi connectivity index (χ4v) is 2.78. The Hall–Kier alpha value is -1.70. The van der Waals surface area contributed by atoms with E-state index in [0.717, 1.165) is 38.5 Å². The van der Waals surface area contributed by atoms with E-state index in [9.17, 15) is 17.6 Å². The molecular weight excluding hydrogens is 288 g/mol. The second kappa shape index (κ2) is 5.25. The molecule has 0 bridgehead atoms. The molecule has 2 aromatic heterocycles. The van der Waals surface area contributed by atoms with Crippen LogP contribution in [0.4, 0.5) is 17.6 Å². The molecule has 1 aliphatic rings. The summed E-state index contributed by atoms with van der Waals surface area (Å²) in [7, 11) is 0. The molecule has 3 rings (SSSR count). The minimum absolute atomic E-state index is 0.00774. The lowest BCUT2D eigenvalue weighted by Gasteiger charge is -2.23. The summed E-state index contributed by atoms with van der Waals surface area (Å²) in [6.07, 6.45) is -0.951. The predicted octanol–water partition coefficient (Wildman–Crippen LogP) is 2.59. The Morgan fingerprint density at radius 2 is 1.95 bits per heavy atom. The second-order valence-corrected chi connectivity index (χ2v) is 5.25. The van der Waals surface area contributed by atoms with Gasteiger partial charge < -0.3 is 9.88 Å². The van der Waals surface area contributed by atoms with Gasteiger partial charge in [0, 0.05) is 12.7 Å². The van der Waals surface area contributed by atoms with Gasteiger partial charge in [-0.3, -0.25) is 0 Å². The van der Waals surface area contributed by atoms with Crippen LogP contribution >= 0.6 is 0 Å². The quantitative estimate of drug-likeness (QED) is 0.685. The van der Waals surface area contributed by atoms with Crippen molar-refractivity contribution in [3.63, 3.8) is 0 Å². The molecule has 0 saturated carbocycles. The van der Waals surface area contributed by atoms with Gasteiger partial charge in [0.2, 0.25) is 5.95 Å². The van der Waals surface area contributed by atoms with Gasteiger partial charge in [0.05, 0.1) is 10.9 Å². The van der Waals surface area contributed by atoms with Crippen LogP contribution in [0.25, 0.3) is 11.0 Å². The Kier molecular flexibility index (Phi) is 3.56. The van der Waals surface area contributed by atoms with E-state index < -0.39 is 23.1 Å². The summed E-state index contributed by atoms with van der Waals surface area (Å²) in [5.74, 6) is -0.864. The SMILES string of the molecule is Fc1ncnc2c1c(C(F)(F)F)cn2CC1CCNCC1. The molecule has 0 atom stereocenters. The van der Waals surface area contributed by atoms with Gasteiger partial charge in [-0.1, -0.05) is 0 Å². The highest BCUT2D eigenvalue weighted by Crippen LogP contribution is 2.36. The van der Waals surface area contributed by atoms with Gasteiger partial charge in [0.25, 0.3) is 0 Å². The van der Waals surface area contributed by atoms with Crippen LogP contribution in [0.5, 0.6) is 0 Å². The average molecular weight is 302 g/mol. The minimum Gasteiger partial charge on any atom is -0.331 e. The zero-order valence-electron chi connectivity index (χ0n) is 11.1. The highest BCUT2D eigenvalue weighted by molar-refractivity contribution is 5.80. The standard InChI is InChI=1S/C13H14F4N4/c14-11-10-9(13(15,16)17)6-21(12(10)20-7-19-11)5-8-1-3-18-4-2-8/h6-8,18H,1-5H2. The van der Waals surface area contributed by atoms with Crippen molar-refractivity contribution in [2.45, 2.75) is 25.6 Å². The summed E-state index contributed by atoms with van der Waals surface area (Å²) in [6, 6.07) is 0. The highest BCUT2D eigenvalue weighted by Gasteiger charge is 2.36. The zero-order valence-corrected chi connectivity index (χ0v) is 11.1. The molecule has 0 spiro atoms. The van der Waals surface area contributed by atoms with Crippen molar-refractivity contribution in [3.05, 3.63) is 24.0 Å². The molecule has 21 heavy (non-hydrogen) atoms. The monoisotopic (exact) mass is 302 g/mol. The number of nitrogens with one attached hydrogen (secondary N) is 1. The number of hydrogen-bond donors (Lipinski definition) is 1. The lowest BCUT2D eigenvalue weighted by Crippen LogP contribution is -2.29. The van der Waals surface area contributed by atoms with E-state index >= 15 is 0 Å². The third-order valence-electron chi connectivity index (χ3n) is 3.83. The first-order valence-corrected chi connectivity index (χ1v) is 6.74. The molecule has 0 amide bonds. The van der Waals surface area contributed by atoms with Crippen molar-refractivity contribution in [1.82, 2.24) is 19.9 Å². The summed E-state index contributed by atoms with van der Waals surface area (Å²) in [5, 5.41) is 2.66. The Labute approximate surface area is 118 Å². The molecule has 1 saturated heterocycles. The van der Waals surface area contributed by atoms with Gasteiger partial charge in [-0.05, 0) is 31.8 Å². The van der Waals surface area contributed by atoms with E-state index in [0.29, 0.717) is 6.54 Å². The summed E-state index contributed by atoms with van der Waals surface area (Å²) in [6.45, 7) is 2.10. The Balaban J connectivity index is 2.04. The van der Waals surface area contributed by atoms with Crippen LogP contribution in [0, 0.1) is 11.9 Å². The number of aromatic nitrogens is 3. The van der Waals surface area contributed by atoms with Crippen LogP contribution in [0.15, 0.2) is 12.5 Å². The molecule has 1 fully saturated rings. The van der Waals surface area contributed by atoms with Crippen LogP contribution in [-0.2, 0) is 12.7 Å². The van der Waals surface area contributed by atoms with Crippen molar-refractivity contribution in [2.24, 2.45) is 5.92 Å². The number of hydrogen-bond acceptors (Lipinski definition) is 3. The summed E-state index contributed by atoms with van der Waals surface area (Å²) < 4.78 is 54.2. The number of rotatable bonds is 2. The van der Waals surface area contributed by atoms with Gasteiger partial charge in [0.15, 0.2) is 0 Å². The van der Waals surface area contributed by atoms with Crippen LogP contribution < -0.4 is 5.32 Å². The first kappa shape index (κ1) is 14.2. The Bertz CT molecular complexity index is 643. The Morgan fingerprint density at radius 1 is 1.24 bits per heavy atom. The van der Waals surface area contributed by atoms with Gasteiger partial charge >= 0.3 is 6.18 Å². The number of nitrogens with zero attached hydrogens (tertiary/aromatic N) is 3. The molecule has 114 valence electrons. The van der Waals surface area contributed by atoms with Gasteiger partial charge in [-0.15, -0.1) is 0 Å². The lowest BCUT2D eigenvalue weighted by atomic mass is 9.98. The van der Waals surface area contributed by atoms with Crippen LogP contribution in [0.1, 0.15) is 18.4 Å². The average Bonchev–Trinajstić information content (AvgIpc) is 2.80. The van der Waals surface area contributed by atoms with E-state index in [1.165, 1.54) is 4.57 Å². The molecule has 4 nitrogen and oxygen atoms in total. The molecule has 0 aliphatic carbocycles. The maximum atomic E-state index is 13.7. The molecule has 2 aromatic rings. The number of fused-ring (bicyclic) bond motifs is 1. The molecule has 0 aromatic carbocycles. The molecule has 1 aliphatic heterocycles. The summed E-state index contributed by atoms with van der Waals surface area (Å²) in [4.78, 5) is 7.08. The zero-order chi connectivity index (χ0) is 15.0. The lowest BCUT2D eigenvalue weighted by molar-refractivity contribution is -0.136. The molecule has 8 heteroatoms. The van der Waals surface area contributed by atoms with E-state index in [1.54, 1.807) is 0 Å². The third-order valence-corrected chi connectivity index (χ3v) is 3.83. The molecule has 3 heterocycles. The summed E-state index contributed by atoms with van der Waals surface area (Å²) in [5.41, 5.74) is -1.00. The van der Waals surface area contributed by atoms with E-state index in [2.05, 4.69) is 15.3 Å². The predicted molar refractivity (Wildman–Crippen MR) is 68.1 cm³/mol. The first-order chi connectivity index (χ1) is 9.97. The highest BCUT2D eigenvalue weighted by atomic mass is 19.4. The maximum absolute atomic E-state index is 13.7. The van der Waals surface area contributed by atoms with Crippen LogP contribution in [-0.4, -0.2) is 27.6 Å².